The molecule has 4 aromatic rings. The molecule has 0 saturated heterocycles. The first-order chi connectivity index (χ1) is 19.9. The zero-order valence-corrected chi connectivity index (χ0v) is 24.3. The van der Waals surface area contributed by atoms with Crippen molar-refractivity contribution in [1.82, 2.24) is 25.4 Å². The maximum absolute atomic E-state index is 12.6. The number of hydrogen-bond acceptors (Lipinski definition) is 6. The highest BCUT2D eigenvalue weighted by molar-refractivity contribution is 7.80. The van der Waals surface area contributed by atoms with E-state index in [4.69, 9.17) is 17.0 Å². The van der Waals surface area contributed by atoms with Gasteiger partial charge in [0.05, 0.1) is 12.8 Å². The number of nitrogens with one attached hydrogen (secondary N) is 2. The van der Waals surface area contributed by atoms with Gasteiger partial charge in [-0.1, -0.05) is 44.3 Å². The summed E-state index contributed by atoms with van der Waals surface area (Å²) in [4.78, 5) is 17.2. The minimum Gasteiger partial charge on any atom is -0.497 e. The molecule has 220 valence electrons. The molecule has 2 amide bonds. The number of alkyl halides is 3. The maximum Gasteiger partial charge on any atom is 0.573 e. The van der Waals surface area contributed by atoms with Crippen LogP contribution in [-0.2, 0) is 6.42 Å². The number of hydrogen-bond donors (Lipinski definition) is 2. The number of halogens is 3. The fourth-order valence-corrected chi connectivity index (χ4v) is 4.59. The fraction of sp³-hybridized carbons (Fsp3) is 0.267. The van der Waals surface area contributed by atoms with Crippen LogP contribution in [0.25, 0.3) is 17.1 Å². The predicted molar refractivity (Wildman–Crippen MR) is 157 cm³/mol. The van der Waals surface area contributed by atoms with Gasteiger partial charge in [0.15, 0.2) is 5.82 Å². The summed E-state index contributed by atoms with van der Waals surface area (Å²) in [6.07, 6.45) is -2.67. The van der Waals surface area contributed by atoms with Gasteiger partial charge < -0.3 is 14.8 Å². The van der Waals surface area contributed by atoms with Crippen LogP contribution in [0.5, 0.6) is 11.5 Å². The van der Waals surface area contributed by atoms with E-state index < -0.39 is 6.36 Å². The van der Waals surface area contributed by atoms with Gasteiger partial charge in [-0.05, 0) is 78.4 Å². The Kier molecular flexibility index (Phi) is 9.46. The van der Waals surface area contributed by atoms with E-state index in [1.807, 2.05) is 43.3 Å². The number of carbonyl (C=O) groups is 1. The first-order valence-electron chi connectivity index (χ1n) is 13.1. The molecular weight excluding hydrogens is 567 g/mol. The van der Waals surface area contributed by atoms with Crippen LogP contribution in [0.2, 0.25) is 0 Å². The second-order valence-electron chi connectivity index (χ2n) is 9.76. The molecule has 0 unspecified atom stereocenters. The molecule has 42 heavy (non-hydrogen) atoms. The Labute approximate surface area is 246 Å². The lowest BCUT2D eigenvalue weighted by Crippen LogP contribution is -2.40. The van der Waals surface area contributed by atoms with Crippen LogP contribution in [0.1, 0.15) is 42.0 Å². The zero-order valence-electron chi connectivity index (χ0n) is 23.5. The predicted octanol–water partition coefficient (Wildman–Crippen LogP) is 6.49. The number of methoxy groups -OCH3 is 1. The van der Waals surface area contributed by atoms with Crippen LogP contribution in [-0.4, -0.2) is 45.8 Å². The molecule has 0 bridgehead atoms. The second kappa shape index (κ2) is 13.0. The molecule has 0 radical (unpaired) electrons. The van der Waals surface area contributed by atoms with Gasteiger partial charge in [-0.2, -0.15) is 0 Å². The summed E-state index contributed by atoms with van der Waals surface area (Å²) in [5, 5.41) is 10.1. The Balaban J connectivity index is 1.33. The van der Waals surface area contributed by atoms with E-state index in [9.17, 15) is 18.0 Å². The smallest absolute Gasteiger partial charge is 0.497 e. The normalized spacial score (nSPS) is 11.3. The molecule has 2 N–H and O–H groups in total. The average Bonchev–Trinajstić information content (AvgIpc) is 3.43. The Morgan fingerprint density at radius 3 is 2.40 bits per heavy atom. The SMILES string of the molecule is COc1ccc(C(C)C)c(C(=S)NC(=O)NCCc2ccc(-c3ncn(-c4ccc(OC(F)(F)F)cc4)n3)cc2C)c1. The second-order valence-corrected chi connectivity index (χ2v) is 10.2. The van der Waals surface area contributed by atoms with Crippen LogP contribution < -0.4 is 20.1 Å². The highest BCUT2D eigenvalue weighted by atomic mass is 32.1. The molecule has 12 heteroatoms. The third kappa shape index (κ3) is 7.84. The molecule has 8 nitrogen and oxygen atoms in total. The molecule has 0 aliphatic carbocycles. The van der Waals surface area contributed by atoms with Crippen LogP contribution in [0.3, 0.4) is 0 Å². The lowest BCUT2D eigenvalue weighted by molar-refractivity contribution is -0.274. The largest absolute Gasteiger partial charge is 0.573 e. The van der Waals surface area contributed by atoms with Crippen molar-refractivity contribution < 1.29 is 27.4 Å². The molecule has 4 rings (SSSR count). The Morgan fingerprint density at radius 1 is 1.05 bits per heavy atom. The molecular formula is C30H30F3N5O3S. The molecule has 1 aromatic heterocycles. The van der Waals surface area contributed by atoms with E-state index >= 15 is 0 Å². The average molecular weight is 598 g/mol. The van der Waals surface area contributed by atoms with Gasteiger partial charge in [-0.15, -0.1) is 18.3 Å². The summed E-state index contributed by atoms with van der Waals surface area (Å²) < 4.78 is 47.9. The zero-order chi connectivity index (χ0) is 30.4. The van der Waals surface area contributed by atoms with Crippen molar-refractivity contribution in [3.8, 4) is 28.6 Å². The van der Waals surface area contributed by atoms with E-state index in [2.05, 4.69) is 39.3 Å². The Hall–Kier alpha value is -4.45. The van der Waals surface area contributed by atoms with Gasteiger partial charge in [0.2, 0.25) is 0 Å². The van der Waals surface area contributed by atoms with Gasteiger partial charge in [-0.3, -0.25) is 5.32 Å². The number of thiocarbonyl (C=S) groups is 1. The maximum atomic E-state index is 12.6. The van der Waals surface area contributed by atoms with Crippen LogP contribution in [0.15, 0.2) is 67.0 Å². The van der Waals surface area contributed by atoms with Crippen molar-refractivity contribution in [2.75, 3.05) is 13.7 Å². The summed E-state index contributed by atoms with van der Waals surface area (Å²) in [5.74, 6) is 1.03. The summed E-state index contributed by atoms with van der Waals surface area (Å²) >= 11 is 5.51. The highest BCUT2D eigenvalue weighted by Gasteiger charge is 2.31. The Morgan fingerprint density at radius 2 is 1.76 bits per heavy atom. The summed E-state index contributed by atoms with van der Waals surface area (Å²) in [7, 11) is 1.58. The number of amides is 2. The molecule has 1 heterocycles. The number of aryl methyl sites for hydroxylation is 1. The van der Waals surface area contributed by atoms with Crippen molar-refractivity contribution in [2.24, 2.45) is 0 Å². The molecule has 0 fully saturated rings. The first kappa shape index (κ1) is 30.5. The van der Waals surface area contributed by atoms with Crippen molar-refractivity contribution in [3.05, 3.63) is 89.2 Å². The number of aromatic nitrogens is 3. The summed E-state index contributed by atoms with van der Waals surface area (Å²) in [6.45, 7) is 6.47. The number of ether oxygens (including phenoxy) is 2. The van der Waals surface area contributed by atoms with Crippen molar-refractivity contribution >= 4 is 23.2 Å². The quantitative estimate of drug-likeness (QED) is 0.215. The lowest BCUT2D eigenvalue weighted by atomic mass is 9.97. The minimum atomic E-state index is -4.75. The van der Waals surface area contributed by atoms with E-state index in [1.165, 1.54) is 35.3 Å². The van der Waals surface area contributed by atoms with E-state index in [1.54, 1.807) is 7.11 Å². The molecule has 0 aliphatic heterocycles. The fourth-order valence-electron chi connectivity index (χ4n) is 4.32. The molecule has 3 aromatic carbocycles. The van der Waals surface area contributed by atoms with Gasteiger partial charge in [0, 0.05) is 17.7 Å². The number of carbonyl (C=O) groups excluding carboxylic acids is 1. The van der Waals surface area contributed by atoms with E-state index in [0.717, 1.165) is 27.8 Å². The topological polar surface area (TPSA) is 90.3 Å². The monoisotopic (exact) mass is 597 g/mol. The minimum absolute atomic E-state index is 0.219. The number of nitrogens with zero attached hydrogens (tertiary/aromatic N) is 3. The third-order valence-electron chi connectivity index (χ3n) is 6.46. The van der Waals surface area contributed by atoms with Gasteiger partial charge in [-0.25, -0.2) is 14.5 Å². The van der Waals surface area contributed by atoms with E-state index in [0.29, 0.717) is 35.2 Å². The van der Waals surface area contributed by atoms with Crippen molar-refractivity contribution in [2.45, 2.75) is 39.5 Å². The third-order valence-corrected chi connectivity index (χ3v) is 6.78. The summed E-state index contributed by atoms with van der Waals surface area (Å²) in [6, 6.07) is 16.4. The standard InChI is InChI=1S/C30H30F3N5O3S/c1-18(2)25-12-11-24(40-4)16-26(25)28(42)36-29(39)34-14-13-20-5-6-21(15-19(20)3)27-35-17-38(37-27)22-7-9-23(10-8-22)41-30(31,32)33/h5-12,15-18H,13-14H2,1-4H3,(H2,34,36,39,42). The van der Waals surface area contributed by atoms with Crippen molar-refractivity contribution in [3.63, 3.8) is 0 Å². The highest BCUT2D eigenvalue weighted by Crippen LogP contribution is 2.26. The molecule has 0 atom stereocenters. The summed E-state index contributed by atoms with van der Waals surface area (Å²) in [5.41, 5.74) is 5.12. The van der Waals surface area contributed by atoms with Crippen LogP contribution in [0, 0.1) is 6.92 Å². The number of benzene rings is 3. The van der Waals surface area contributed by atoms with Crippen molar-refractivity contribution in [1.29, 1.82) is 0 Å². The van der Waals surface area contributed by atoms with Crippen LogP contribution in [0.4, 0.5) is 18.0 Å². The van der Waals surface area contributed by atoms with Gasteiger partial charge in [0.25, 0.3) is 0 Å². The van der Waals surface area contributed by atoms with Gasteiger partial charge in [0.1, 0.15) is 22.8 Å². The van der Waals surface area contributed by atoms with Gasteiger partial charge >= 0.3 is 12.4 Å². The van der Waals surface area contributed by atoms with E-state index in [-0.39, 0.29) is 17.7 Å². The molecule has 0 aliphatic rings. The first-order valence-corrected chi connectivity index (χ1v) is 13.5. The number of urea groups is 1. The molecule has 0 spiro atoms. The molecule has 0 saturated carbocycles. The Bertz CT molecular complexity index is 1570. The number of rotatable bonds is 9. The van der Waals surface area contributed by atoms with Crippen LogP contribution >= 0.6 is 12.2 Å². The lowest BCUT2D eigenvalue weighted by Gasteiger charge is -2.16.